The first-order chi connectivity index (χ1) is 9.11. The van der Waals surface area contributed by atoms with Gasteiger partial charge in [-0.1, -0.05) is 0 Å². The highest BCUT2D eigenvalue weighted by Gasteiger charge is 2.14. The number of aryl methyl sites for hydroxylation is 1. The predicted octanol–water partition coefficient (Wildman–Crippen LogP) is 2.27. The van der Waals surface area contributed by atoms with Crippen molar-refractivity contribution in [3.63, 3.8) is 0 Å². The number of aromatic nitrogens is 1. The van der Waals surface area contributed by atoms with Gasteiger partial charge in [-0.05, 0) is 19.1 Å². The van der Waals surface area contributed by atoms with E-state index < -0.39 is 5.97 Å². The molecule has 0 unspecified atom stereocenters. The van der Waals surface area contributed by atoms with E-state index in [4.69, 9.17) is 19.0 Å². The fraction of sp³-hybridized carbons (Fsp3) is 0.231. The van der Waals surface area contributed by atoms with Crippen molar-refractivity contribution in [1.29, 1.82) is 0 Å². The molecule has 1 N–H and O–H groups in total. The maximum absolute atomic E-state index is 11.1. The lowest BCUT2D eigenvalue weighted by atomic mass is 10.2. The monoisotopic (exact) mass is 263 g/mol. The zero-order valence-electron chi connectivity index (χ0n) is 10.5. The molecule has 100 valence electrons. The molecule has 0 saturated carbocycles. The average Bonchev–Trinajstić information content (AvgIpc) is 2.81. The number of oxazole rings is 1. The Morgan fingerprint density at radius 3 is 2.84 bits per heavy atom. The van der Waals surface area contributed by atoms with Crippen LogP contribution in [-0.2, 0) is 6.61 Å². The van der Waals surface area contributed by atoms with Crippen LogP contribution in [-0.4, -0.2) is 23.2 Å². The van der Waals surface area contributed by atoms with Gasteiger partial charge in [0.2, 0.25) is 0 Å². The van der Waals surface area contributed by atoms with Crippen LogP contribution in [0.15, 0.2) is 29.0 Å². The smallest absolute Gasteiger partial charge is 0.339 e. The summed E-state index contributed by atoms with van der Waals surface area (Å²) in [5.74, 6) is 0.334. The summed E-state index contributed by atoms with van der Waals surface area (Å²) < 4.78 is 15.6. The molecule has 19 heavy (non-hydrogen) atoms. The molecule has 0 amide bonds. The molecule has 0 fully saturated rings. The number of hydrogen-bond acceptors (Lipinski definition) is 5. The van der Waals surface area contributed by atoms with Gasteiger partial charge in [0, 0.05) is 6.07 Å². The van der Waals surface area contributed by atoms with E-state index in [0.717, 1.165) is 0 Å². The quantitative estimate of drug-likeness (QED) is 0.891. The van der Waals surface area contributed by atoms with E-state index in [0.29, 0.717) is 17.2 Å². The first-order valence-electron chi connectivity index (χ1n) is 5.55. The lowest BCUT2D eigenvalue weighted by molar-refractivity contribution is 0.0691. The molecule has 0 saturated heterocycles. The first-order valence-corrected chi connectivity index (χ1v) is 5.55. The van der Waals surface area contributed by atoms with Gasteiger partial charge < -0.3 is 19.0 Å². The van der Waals surface area contributed by atoms with E-state index >= 15 is 0 Å². The molecule has 0 spiro atoms. The van der Waals surface area contributed by atoms with Crippen molar-refractivity contribution in [3.05, 3.63) is 41.6 Å². The lowest BCUT2D eigenvalue weighted by Gasteiger charge is -2.09. The van der Waals surface area contributed by atoms with Crippen molar-refractivity contribution in [2.45, 2.75) is 13.5 Å². The van der Waals surface area contributed by atoms with E-state index in [-0.39, 0.29) is 17.9 Å². The SMILES string of the molecule is COc1ccc(C(=O)O)c(OCc2ncoc2C)c1. The zero-order chi connectivity index (χ0) is 13.8. The summed E-state index contributed by atoms with van der Waals surface area (Å²) in [6.07, 6.45) is 1.32. The van der Waals surface area contributed by atoms with Gasteiger partial charge in [-0.3, -0.25) is 0 Å². The molecule has 0 aliphatic carbocycles. The maximum atomic E-state index is 11.1. The fourth-order valence-corrected chi connectivity index (χ4v) is 1.54. The van der Waals surface area contributed by atoms with Crippen molar-refractivity contribution in [3.8, 4) is 11.5 Å². The summed E-state index contributed by atoms with van der Waals surface area (Å²) in [6, 6.07) is 4.53. The van der Waals surface area contributed by atoms with Crippen LogP contribution in [0.4, 0.5) is 0 Å². The van der Waals surface area contributed by atoms with E-state index in [2.05, 4.69) is 4.98 Å². The Kier molecular flexibility index (Phi) is 3.70. The number of carboxylic acid groups (broad SMARTS) is 1. The molecule has 0 atom stereocenters. The van der Waals surface area contributed by atoms with E-state index in [1.165, 1.54) is 25.6 Å². The highest BCUT2D eigenvalue weighted by molar-refractivity contribution is 5.91. The fourth-order valence-electron chi connectivity index (χ4n) is 1.54. The Labute approximate surface area is 109 Å². The second-order valence-electron chi connectivity index (χ2n) is 3.81. The number of aromatic carboxylic acids is 1. The summed E-state index contributed by atoms with van der Waals surface area (Å²) in [7, 11) is 1.50. The standard InChI is InChI=1S/C13H13NO5/c1-8-11(14-7-19-8)6-18-12-5-9(17-2)3-4-10(12)13(15)16/h3-5,7H,6H2,1-2H3,(H,15,16). The molecular formula is C13H13NO5. The van der Waals surface area contributed by atoms with Crippen LogP contribution in [0.5, 0.6) is 11.5 Å². The van der Waals surface area contributed by atoms with Gasteiger partial charge in [-0.25, -0.2) is 9.78 Å². The maximum Gasteiger partial charge on any atom is 0.339 e. The molecular weight excluding hydrogens is 250 g/mol. The van der Waals surface area contributed by atoms with Gasteiger partial charge in [0.05, 0.1) is 7.11 Å². The van der Waals surface area contributed by atoms with E-state index in [1.54, 1.807) is 13.0 Å². The van der Waals surface area contributed by atoms with Gasteiger partial charge >= 0.3 is 5.97 Å². The van der Waals surface area contributed by atoms with Crippen molar-refractivity contribution in [2.75, 3.05) is 7.11 Å². The predicted molar refractivity (Wildman–Crippen MR) is 65.5 cm³/mol. The van der Waals surface area contributed by atoms with Gasteiger partial charge in [0.1, 0.15) is 35.1 Å². The minimum absolute atomic E-state index is 0.0712. The third-order valence-electron chi connectivity index (χ3n) is 2.63. The van der Waals surface area contributed by atoms with Gasteiger partial charge in [-0.15, -0.1) is 0 Å². The third-order valence-corrected chi connectivity index (χ3v) is 2.63. The molecule has 0 bridgehead atoms. The topological polar surface area (TPSA) is 81.8 Å². The normalized spacial score (nSPS) is 10.2. The summed E-state index contributed by atoms with van der Waals surface area (Å²) >= 11 is 0. The molecule has 1 aromatic heterocycles. The van der Waals surface area contributed by atoms with E-state index in [9.17, 15) is 4.79 Å². The van der Waals surface area contributed by atoms with Crippen molar-refractivity contribution in [1.82, 2.24) is 4.98 Å². The van der Waals surface area contributed by atoms with Crippen LogP contribution >= 0.6 is 0 Å². The Hall–Kier alpha value is -2.50. The van der Waals surface area contributed by atoms with Crippen molar-refractivity contribution < 1.29 is 23.8 Å². The van der Waals surface area contributed by atoms with Crippen LogP contribution in [0.25, 0.3) is 0 Å². The van der Waals surface area contributed by atoms with Gasteiger partial charge in [-0.2, -0.15) is 0 Å². The Morgan fingerprint density at radius 1 is 1.47 bits per heavy atom. The number of methoxy groups -OCH3 is 1. The van der Waals surface area contributed by atoms with E-state index in [1.807, 2.05) is 0 Å². The van der Waals surface area contributed by atoms with Crippen LogP contribution < -0.4 is 9.47 Å². The van der Waals surface area contributed by atoms with Crippen LogP contribution in [0.3, 0.4) is 0 Å². The van der Waals surface area contributed by atoms with Gasteiger partial charge in [0.15, 0.2) is 6.39 Å². The highest BCUT2D eigenvalue weighted by atomic mass is 16.5. The average molecular weight is 263 g/mol. The number of rotatable bonds is 5. The molecule has 6 heteroatoms. The summed E-state index contributed by atoms with van der Waals surface area (Å²) in [5.41, 5.74) is 0.695. The summed E-state index contributed by atoms with van der Waals surface area (Å²) in [5, 5.41) is 9.09. The molecule has 6 nitrogen and oxygen atoms in total. The second-order valence-corrected chi connectivity index (χ2v) is 3.81. The molecule has 2 rings (SSSR count). The molecule has 1 aromatic carbocycles. The third kappa shape index (κ3) is 2.85. The molecule has 0 aliphatic rings. The molecule has 0 aliphatic heterocycles. The number of carboxylic acids is 1. The Morgan fingerprint density at radius 2 is 2.26 bits per heavy atom. The number of nitrogens with zero attached hydrogens (tertiary/aromatic N) is 1. The number of benzene rings is 1. The minimum Gasteiger partial charge on any atom is -0.497 e. The van der Waals surface area contributed by atoms with Crippen LogP contribution in [0.1, 0.15) is 21.8 Å². The number of carbonyl (C=O) groups is 1. The summed E-state index contributed by atoms with van der Waals surface area (Å²) in [4.78, 5) is 15.1. The number of ether oxygens (including phenoxy) is 2. The van der Waals surface area contributed by atoms with Gasteiger partial charge in [0.25, 0.3) is 0 Å². The Balaban J connectivity index is 2.22. The molecule has 2 aromatic rings. The van der Waals surface area contributed by atoms with Crippen LogP contribution in [0, 0.1) is 6.92 Å². The zero-order valence-corrected chi connectivity index (χ0v) is 10.5. The van der Waals surface area contributed by atoms with Crippen LogP contribution in [0.2, 0.25) is 0 Å². The molecule has 1 heterocycles. The molecule has 0 radical (unpaired) electrons. The number of hydrogen-bond donors (Lipinski definition) is 1. The largest absolute Gasteiger partial charge is 0.497 e. The van der Waals surface area contributed by atoms with Crippen molar-refractivity contribution in [2.24, 2.45) is 0 Å². The Bertz CT molecular complexity index is 590. The van der Waals surface area contributed by atoms with Crippen molar-refractivity contribution >= 4 is 5.97 Å². The highest BCUT2D eigenvalue weighted by Crippen LogP contribution is 2.25. The lowest BCUT2D eigenvalue weighted by Crippen LogP contribution is -2.04. The summed E-state index contributed by atoms with van der Waals surface area (Å²) in [6.45, 7) is 1.89. The second kappa shape index (κ2) is 5.43. The minimum atomic E-state index is -1.06. The first kappa shape index (κ1) is 12.9.